The Morgan fingerprint density at radius 3 is 1.61 bits per heavy atom. The Hall–Kier alpha value is -0.870. The van der Waals surface area contributed by atoms with Crippen LogP contribution >= 0.6 is 0 Å². The molecule has 2 rings (SSSR count). The van der Waals surface area contributed by atoms with Crippen LogP contribution in [0, 0.1) is 20.8 Å². The van der Waals surface area contributed by atoms with Crippen molar-refractivity contribution in [3.63, 3.8) is 0 Å². The van der Waals surface area contributed by atoms with Crippen LogP contribution in [0.2, 0.25) is 0 Å². The van der Waals surface area contributed by atoms with E-state index < -0.39 is 0 Å². The van der Waals surface area contributed by atoms with Gasteiger partial charge in [-0.15, -0.1) is 0 Å². The van der Waals surface area contributed by atoms with Crippen molar-refractivity contribution in [2.45, 2.75) is 76.2 Å². The van der Waals surface area contributed by atoms with Gasteiger partial charge in [0.25, 0.3) is 0 Å². The molecule has 142 valence electrons. The van der Waals surface area contributed by atoms with Crippen LogP contribution in [-0.4, -0.2) is 43.2 Å². The fourth-order valence-corrected chi connectivity index (χ4v) is 1.73. The van der Waals surface area contributed by atoms with Crippen molar-refractivity contribution < 1.29 is 9.15 Å². The van der Waals surface area contributed by atoms with Crippen molar-refractivity contribution in [3.05, 3.63) is 17.3 Å². The number of nitrogens with zero attached hydrogens (tertiary/aromatic N) is 2. The molecule has 0 unspecified atom stereocenters. The Morgan fingerprint density at radius 1 is 1.04 bits per heavy atom. The van der Waals surface area contributed by atoms with Gasteiger partial charge in [-0.25, -0.2) is 4.98 Å². The Bertz CT molecular complexity index is 298. The second-order valence-corrected chi connectivity index (χ2v) is 4.59. The molecule has 0 saturated carbocycles. The van der Waals surface area contributed by atoms with E-state index in [4.69, 9.17) is 4.42 Å². The van der Waals surface area contributed by atoms with Gasteiger partial charge in [-0.05, 0) is 53.2 Å². The normalized spacial score (nSPS) is 12.2. The molecular weight excluding hydrogens is 288 g/mol. The van der Waals surface area contributed by atoms with E-state index in [0.717, 1.165) is 24.0 Å². The zero-order valence-corrected chi connectivity index (χ0v) is 15.5. The van der Waals surface area contributed by atoms with E-state index in [-0.39, 0.29) is 14.9 Å². The van der Waals surface area contributed by atoms with E-state index in [1.165, 1.54) is 32.5 Å². The summed E-state index contributed by atoms with van der Waals surface area (Å²) in [6.45, 7) is 18.6. The molecule has 0 N–H and O–H groups in total. The average Bonchev–Trinajstić information content (AvgIpc) is 3.12. The topological polar surface area (TPSA) is 38.5 Å². The molecule has 1 fully saturated rings. The number of methoxy groups -OCH3 is 1. The second-order valence-electron chi connectivity index (χ2n) is 4.59. The van der Waals surface area contributed by atoms with Gasteiger partial charge >= 0.3 is 0 Å². The first-order valence-electron chi connectivity index (χ1n) is 8.17. The highest BCUT2D eigenvalue weighted by molar-refractivity contribution is 5.03. The lowest BCUT2D eigenvalue weighted by molar-refractivity contribution is 0.215. The van der Waals surface area contributed by atoms with Crippen molar-refractivity contribution in [3.8, 4) is 0 Å². The summed E-state index contributed by atoms with van der Waals surface area (Å²) in [6, 6.07) is 0. The fraction of sp³-hybridized carbons (Fsp3) is 0.842. The highest BCUT2D eigenvalue weighted by Crippen LogP contribution is 2.05. The predicted molar refractivity (Wildman–Crippen MR) is 104 cm³/mol. The molecule has 4 heteroatoms. The fourth-order valence-electron chi connectivity index (χ4n) is 1.73. The minimum atomic E-state index is 0. The van der Waals surface area contributed by atoms with E-state index in [9.17, 15) is 0 Å². The largest absolute Gasteiger partial charge is 0.446 e. The molecule has 1 saturated heterocycles. The molecular formula is C19H44N2O2. The van der Waals surface area contributed by atoms with E-state index >= 15 is 0 Å². The van der Waals surface area contributed by atoms with Gasteiger partial charge in [-0.3, -0.25) is 0 Å². The van der Waals surface area contributed by atoms with Gasteiger partial charge in [0.05, 0.1) is 5.69 Å². The summed E-state index contributed by atoms with van der Waals surface area (Å²) in [5.41, 5.74) is 0.988. The molecule has 1 aromatic heterocycles. The third-order valence-corrected chi connectivity index (χ3v) is 3.07. The molecule has 0 bridgehead atoms. The molecule has 1 aliphatic rings. The van der Waals surface area contributed by atoms with Crippen molar-refractivity contribution in [2.24, 2.45) is 0 Å². The molecule has 0 atom stereocenters. The third-order valence-electron chi connectivity index (χ3n) is 3.07. The Kier molecular flexibility index (Phi) is 27.6. The van der Waals surface area contributed by atoms with Crippen LogP contribution in [-0.2, 0) is 4.74 Å². The van der Waals surface area contributed by atoms with Gasteiger partial charge in [0.1, 0.15) is 5.76 Å². The molecule has 1 aliphatic heterocycles. The summed E-state index contributed by atoms with van der Waals surface area (Å²) in [7, 11) is 1.68. The molecule has 0 amide bonds. The van der Waals surface area contributed by atoms with Gasteiger partial charge < -0.3 is 14.1 Å². The molecule has 4 nitrogen and oxygen atoms in total. The SMILES string of the molecule is C.C.CC.CCN1CCCC1.CCOC.Cc1nc(C)c(C)o1. The van der Waals surface area contributed by atoms with Gasteiger partial charge in [0.2, 0.25) is 0 Å². The van der Waals surface area contributed by atoms with Crippen molar-refractivity contribution in [1.29, 1.82) is 0 Å². The first kappa shape index (κ1) is 30.1. The maximum Gasteiger partial charge on any atom is 0.191 e. The van der Waals surface area contributed by atoms with E-state index in [2.05, 4.69) is 21.5 Å². The number of aryl methyl sites for hydroxylation is 3. The summed E-state index contributed by atoms with van der Waals surface area (Å²) in [5.74, 6) is 1.67. The van der Waals surface area contributed by atoms with Crippen LogP contribution in [0.15, 0.2) is 4.42 Å². The van der Waals surface area contributed by atoms with Crippen molar-refractivity contribution >= 4 is 0 Å². The third kappa shape index (κ3) is 17.3. The summed E-state index contributed by atoms with van der Waals surface area (Å²) >= 11 is 0. The number of hydrogen-bond donors (Lipinski definition) is 0. The van der Waals surface area contributed by atoms with Crippen LogP contribution in [0.1, 0.15) is 72.7 Å². The quantitative estimate of drug-likeness (QED) is 0.701. The van der Waals surface area contributed by atoms with Gasteiger partial charge in [-0.2, -0.15) is 0 Å². The minimum absolute atomic E-state index is 0. The molecule has 23 heavy (non-hydrogen) atoms. The molecule has 0 aromatic carbocycles. The number of likely N-dealkylation sites (tertiary alicyclic amines) is 1. The molecule has 0 spiro atoms. The maximum atomic E-state index is 5.10. The molecule has 2 heterocycles. The Balaban J connectivity index is -0.000000112. The van der Waals surface area contributed by atoms with Crippen LogP contribution in [0.4, 0.5) is 0 Å². The summed E-state index contributed by atoms with van der Waals surface area (Å²) in [6.07, 6.45) is 2.85. The van der Waals surface area contributed by atoms with Crippen LogP contribution < -0.4 is 0 Å². The molecule has 1 aromatic rings. The van der Waals surface area contributed by atoms with E-state index in [1.54, 1.807) is 7.11 Å². The maximum absolute atomic E-state index is 5.10. The molecule has 0 aliphatic carbocycles. The number of hydrogen-bond acceptors (Lipinski definition) is 4. The minimum Gasteiger partial charge on any atom is -0.446 e. The number of ether oxygens (including phenoxy) is 1. The molecule has 0 radical (unpaired) electrons. The number of aromatic nitrogens is 1. The Labute approximate surface area is 146 Å². The highest BCUT2D eigenvalue weighted by Gasteiger charge is 2.06. The number of rotatable bonds is 2. The van der Waals surface area contributed by atoms with E-state index in [0.29, 0.717) is 0 Å². The zero-order chi connectivity index (χ0) is 16.7. The summed E-state index contributed by atoms with van der Waals surface area (Å²) in [5, 5.41) is 0. The van der Waals surface area contributed by atoms with Crippen LogP contribution in [0.3, 0.4) is 0 Å². The summed E-state index contributed by atoms with van der Waals surface area (Å²) < 4.78 is 9.64. The van der Waals surface area contributed by atoms with Gasteiger partial charge in [0, 0.05) is 20.6 Å². The lowest BCUT2D eigenvalue weighted by atomic mass is 10.4. The van der Waals surface area contributed by atoms with Gasteiger partial charge in [0.15, 0.2) is 5.89 Å². The number of oxazole rings is 1. The summed E-state index contributed by atoms with van der Waals surface area (Å²) in [4.78, 5) is 6.53. The van der Waals surface area contributed by atoms with Crippen molar-refractivity contribution in [1.82, 2.24) is 9.88 Å². The first-order chi connectivity index (χ1) is 10.0. The second kappa shape index (κ2) is 21.1. The van der Waals surface area contributed by atoms with Crippen molar-refractivity contribution in [2.75, 3.05) is 33.4 Å². The predicted octanol–water partition coefficient (Wildman–Crippen LogP) is 5.65. The highest BCUT2D eigenvalue weighted by atomic mass is 16.5. The lowest BCUT2D eigenvalue weighted by Crippen LogP contribution is -2.17. The Morgan fingerprint density at radius 2 is 1.48 bits per heavy atom. The zero-order valence-electron chi connectivity index (χ0n) is 15.5. The van der Waals surface area contributed by atoms with E-state index in [1.807, 2.05) is 41.5 Å². The van der Waals surface area contributed by atoms with Gasteiger partial charge in [-0.1, -0.05) is 35.6 Å². The first-order valence-corrected chi connectivity index (χ1v) is 8.17. The average molecular weight is 333 g/mol. The van der Waals surface area contributed by atoms with Crippen LogP contribution in [0.25, 0.3) is 0 Å². The smallest absolute Gasteiger partial charge is 0.191 e. The monoisotopic (exact) mass is 332 g/mol. The standard InChI is InChI=1S/C6H9NO.C6H13N.C3H8O.C2H6.2CH4/c1-4-5(2)8-6(3)7-4;1-2-7-5-3-4-6-7;1-3-4-2;1-2;;/h1-3H3;2-6H2,1H3;3H2,1-2H3;1-2H3;2*1H4. The van der Waals surface area contributed by atoms with Crippen LogP contribution in [0.5, 0.6) is 0 Å². The lowest BCUT2D eigenvalue weighted by Gasteiger charge is -2.08.